The van der Waals surface area contributed by atoms with E-state index in [0.717, 1.165) is 11.1 Å². The first-order valence-electron chi connectivity index (χ1n) is 7.08. The van der Waals surface area contributed by atoms with Gasteiger partial charge in [-0.05, 0) is 37.1 Å². The Morgan fingerprint density at radius 1 is 1.10 bits per heavy atom. The lowest BCUT2D eigenvalue weighted by Crippen LogP contribution is -1.97. The largest absolute Gasteiger partial charge is 0.411 e. The molecule has 1 N–H and O–H groups in total. The summed E-state index contributed by atoms with van der Waals surface area (Å²) in [6.07, 6.45) is 3.65. The summed E-state index contributed by atoms with van der Waals surface area (Å²) in [7, 11) is 0. The van der Waals surface area contributed by atoms with Crippen LogP contribution in [-0.2, 0) is 0 Å². The van der Waals surface area contributed by atoms with Crippen LogP contribution in [0.25, 0.3) is 22.0 Å². The van der Waals surface area contributed by atoms with Crippen LogP contribution in [0.5, 0.6) is 0 Å². The molecule has 106 valence electrons. The normalized spacial score (nSPS) is 11.8. The Labute approximate surface area is 124 Å². The molecule has 0 atom stereocenters. The predicted octanol–water partition coefficient (Wildman–Crippen LogP) is 4.70. The van der Waals surface area contributed by atoms with Gasteiger partial charge in [0.25, 0.3) is 0 Å². The molecule has 0 amide bonds. The lowest BCUT2D eigenvalue weighted by molar-refractivity contribution is 0.322. The van der Waals surface area contributed by atoms with Crippen molar-refractivity contribution in [1.82, 2.24) is 4.57 Å². The van der Waals surface area contributed by atoms with E-state index in [2.05, 4.69) is 60.1 Å². The highest BCUT2D eigenvalue weighted by atomic mass is 16.4. The van der Waals surface area contributed by atoms with Crippen molar-refractivity contribution in [2.75, 3.05) is 0 Å². The van der Waals surface area contributed by atoms with E-state index in [4.69, 9.17) is 5.21 Å². The molecular formula is C18H18N2O. The molecule has 0 unspecified atom stereocenters. The van der Waals surface area contributed by atoms with Crippen LogP contribution in [0.15, 0.2) is 59.9 Å². The van der Waals surface area contributed by atoms with Gasteiger partial charge in [0.05, 0.1) is 6.21 Å². The van der Waals surface area contributed by atoms with Crippen molar-refractivity contribution in [3.63, 3.8) is 0 Å². The maximum atomic E-state index is 8.70. The quantitative estimate of drug-likeness (QED) is 0.421. The fourth-order valence-electron chi connectivity index (χ4n) is 2.72. The van der Waals surface area contributed by atoms with E-state index in [1.165, 1.54) is 22.7 Å². The van der Waals surface area contributed by atoms with Gasteiger partial charge in [0.2, 0.25) is 0 Å². The zero-order chi connectivity index (χ0) is 14.8. The molecule has 0 aliphatic carbocycles. The second-order valence-electron chi connectivity index (χ2n) is 5.43. The third kappa shape index (κ3) is 2.42. The average molecular weight is 278 g/mol. The summed E-state index contributed by atoms with van der Waals surface area (Å²) in [5, 5.41) is 13.0. The van der Waals surface area contributed by atoms with Gasteiger partial charge in [0.15, 0.2) is 0 Å². The summed E-state index contributed by atoms with van der Waals surface area (Å²) >= 11 is 0. The van der Waals surface area contributed by atoms with Crippen LogP contribution in [-0.4, -0.2) is 16.0 Å². The molecule has 3 heteroatoms. The third-order valence-corrected chi connectivity index (χ3v) is 3.70. The summed E-state index contributed by atoms with van der Waals surface area (Å²) in [5.41, 5.74) is 4.45. The maximum Gasteiger partial charge on any atom is 0.0734 e. The van der Waals surface area contributed by atoms with Gasteiger partial charge < -0.3 is 9.77 Å². The standard InChI is InChI=1S/C18H18N2O/c1-13(2)20-12-17(16-8-3-4-9-18(16)20)15-7-5-6-14(10-15)11-19-21/h3-13,21H,1-2H3. The number of aromatic nitrogens is 1. The molecule has 3 aromatic rings. The molecule has 0 spiro atoms. The molecular weight excluding hydrogens is 260 g/mol. The Hall–Kier alpha value is -2.55. The molecule has 0 aliphatic heterocycles. The molecule has 0 radical (unpaired) electrons. The van der Waals surface area contributed by atoms with E-state index in [-0.39, 0.29) is 0 Å². The first kappa shape index (κ1) is 13.4. The number of rotatable bonds is 3. The lowest BCUT2D eigenvalue weighted by Gasteiger charge is -2.08. The van der Waals surface area contributed by atoms with Gasteiger partial charge >= 0.3 is 0 Å². The topological polar surface area (TPSA) is 37.5 Å². The molecule has 0 bridgehead atoms. The molecule has 3 rings (SSSR count). The highest BCUT2D eigenvalue weighted by Crippen LogP contribution is 2.32. The Morgan fingerprint density at radius 2 is 1.90 bits per heavy atom. The van der Waals surface area contributed by atoms with Gasteiger partial charge in [-0.15, -0.1) is 0 Å². The van der Waals surface area contributed by atoms with E-state index in [9.17, 15) is 0 Å². The third-order valence-electron chi connectivity index (χ3n) is 3.70. The fourth-order valence-corrected chi connectivity index (χ4v) is 2.72. The number of benzene rings is 2. The van der Waals surface area contributed by atoms with E-state index < -0.39 is 0 Å². The Balaban J connectivity index is 2.23. The number of para-hydroxylation sites is 1. The van der Waals surface area contributed by atoms with Crippen molar-refractivity contribution >= 4 is 17.1 Å². The fraction of sp³-hybridized carbons (Fsp3) is 0.167. The average Bonchev–Trinajstić information content (AvgIpc) is 2.88. The Morgan fingerprint density at radius 3 is 2.67 bits per heavy atom. The Bertz CT molecular complexity index is 800. The van der Waals surface area contributed by atoms with Gasteiger partial charge in [-0.25, -0.2) is 0 Å². The first-order chi connectivity index (χ1) is 10.2. The molecule has 0 fully saturated rings. The molecule has 3 nitrogen and oxygen atoms in total. The number of hydrogen-bond acceptors (Lipinski definition) is 2. The van der Waals surface area contributed by atoms with Crippen LogP contribution in [0.3, 0.4) is 0 Å². The minimum atomic E-state index is 0.408. The van der Waals surface area contributed by atoms with Gasteiger partial charge in [0, 0.05) is 28.7 Å². The summed E-state index contributed by atoms with van der Waals surface area (Å²) in [4.78, 5) is 0. The zero-order valence-electron chi connectivity index (χ0n) is 12.2. The van der Waals surface area contributed by atoms with Crippen molar-refractivity contribution in [3.8, 4) is 11.1 Å². The van der Waals surface area contributed by atoms with Crippen LogP contribution in [0.1, 0.15) is 25.5 Å². The van der Waals surface area contributed by atoms with Crippen molar-refractivity contribution < 1.29 is 5.21 Å². The van der Waals surface area contributed by atoms with E-state index >= 15 is 0 Å². The summed E-state index contributed by atoms with van der Waals surface area (Å²) in [6, 6.07) is 16.9. The second kappa shape index (κ2) is 5.44. The molecule has 0 saturated heterocycles. The van der Waals surface area contributed by atoms with Crippen molar-refractivity contribution in [1.29, 1.82) is 0 Å². The minimum absolute atomic E-state index is 0.408. The van der Waals surface area contributed by atoms with Crippen LogP contribution >= 0.6 is 0 Å². The monoisotopic (exact) mass is 278 g/mol. The van der Waals surface area contributed by atoms with Gasteiger partial charge in [0.1, 0.15) is 0 Å². The molecule has 1 heterocycles. The minimum Gasteiger partial charge on any atom is -0.411 e. The highest BCUT2D eigenvalue weighted by molar-refractivity contribution is 5.97. The second-order valence-corrected chi connectivity index (χ2v) is 5.43. The molecule has 2 aromatic carbocycles. The molecule has 0 saturated carbocycles. The number of fused-ring (bicyclic) bond motifs is 1. The first-order valence-corrected chi connectivity index (χ1v) is 7.08. The number of hydrogen-bond donors (Lipinski definition) is 1. The summed E-state index contributed by atoms with van der Waals surface area (Å²) in [6.45, 7) is 4.37. The predicted molar refractivity (Wildman–Crippen MR) is 87.1 cm³/mol. The van der Waals surface area contributed by atoms with Crippen LogP contribution in [0.2, 0.25) is 0 Å². The SMILES string of the molecule is CC(C)n1cc(-c2cccc(C=NO)c2)c2ccccc21. The van der Waals surface area contributed by atoms with Gasteiger partial charge in [-0.1, -0.05) is 41.6 Å². The highest BCUT2D eigenvalue weighted by Gasteiger charge is 2.11. The molecule has 21 heavy (non-hydrogen) atoms. The lowest BCUT2D eigenvalue weighted by atomic mass is 10.0. The summed E-state index contributed by atoms with van der Waals surface area (Å²) < 4.78 is 2.29. The van der Waals surface area contributed by atoms with Crippen LogP contribution in [0, 0.1) is 0 Å². The number of nitrogens with zero attached hydrogens (tertiary/aromatic N) is 2. The van der Waals surface area contributed by atoms with Gasteiger partial charge in [-0.2, -0.15) is 0 Å². The van der Waals surface area contributed by atoms with Crippen LogP contribution < -0.4 is 0 Å². The smallest absolute Gasteiger partial charge is 0.0734 e. The maximum absolute atomic E-state index is 8.70. The van der Waals surface area contributed by atoms with Crippen molar-refractivity contribution in [2.45, 2.75) is 19.9 Å². The van der Waals surface area contributed by atoms with Gasteiger partial charge in [-0.3, -0.25) is 0 Å². The Kier molecular flexibility index (Phi) is 3.48. The van der Waals surface area contributed by atoms with Crippen LogP contribution in [0.4, 0.5) is 0 Å². The van der Waals surface area contributed by atoms with E-state index in [1.54, 1.807) is 0 Å². The molecule has 1 aromatic heterocycles. The zero-order valence-corrected chi connectivity index (χ0v) is 12.2. The van der Waals surface area contributed by atoms with E-state index in [1.807, 2.05) is 18.2 Å². The molecule has 0 aliphatic rings. The summed E-state index contributed by atoms with van der Waals surface area (Å²) in [5.74, 6) is 0. The van der Waals surface area contributed by atoms with E-state index in [0.29, 0.717) is 6.04 Å². The van der Waals surface area contributed by atoms with Crippen molar-refractivity contribution in [3.05, 3.63) is 60.3 Å². The number of oxime groups is 1. The van der Waals surface area contributed by atoms with Crippen molar-refractivity contribution in [2.24, 2.45) is 5.16 Å².